The van der Waals surface area contributed by atoms with Crippen molar-refractivity contribution in [1.82, 2.24) is 9.88 Å². The van der Waals surface area contributed by atoms with Gasteiger partial charge in [0.2, 0.25) is 11.8 Å². The van der Waals surface area contributed by atoms with Gasteiger partial charge in [-0.25, -0.2) is 9.88 Å². The van der Waals surface area contributed by atoms with Crippen LogP contribution in [0.2, 0.25) is 0 Å². The van der Waals surface area contributed by atoms with Crippen molar-refractivity contribution in [2.75, 3.05) is 12.0 Å². The number of rotatable bonds is 6. The Labute approximate surface area is 226 Å². The van der Waals surface area contributed by atoms with Crippen LogP contribution in [0.4, 0.5) is 5.69 Å². The van der Waals surface area contributed by atoms with Crippen molar-refractivity contribution in [2.24, 2.45) is 0 Å². The van der Waals surface area contributed by atoms with E-state index in [2.05, 4.69) is 4.98 Å². The number of methoxy groups -OCH3 is 1. The number of aromatic nitrogens is 1. The molecule has 1 unspecified atom stereocenters. The van der Waals surface area contributed by atoms with Crippen LogP contribution in [0.3, 0.4) is 0 Å². The Balaban J connectivity index is 1.27. The number of nitrogens with zero attached hydrogens (tertiary/aromatic N) is 3. The number of anilines is 1. The predicted octanol–water partition coefficient (Wildman–Crippen LogP) is 5.61. The fourth-order valence-electron chi connectivity index (χ4n) is 5.66. The third kappa shape index (κ3) is 4.67. The molecule has 2 heterocycles. The fourth-order valence-corrected chi connectivity index (χ4v) is 5.66. The zero-order chi connectivity index (χ0) is 26.9. The number of benzene rings is 3. The van der Waals surface area contributed by atoms with E-state index in [9.17, 15) is 14.4 Å². The number of carbonyl (C=O) groups excluding carboxylic acids is 3. The van der Waals surface area contributed by atoms with Crippen LogP contribution in [0.15, 0.2) is 77.2 Å². The van der Waals surface area contributed by atoms with Crippen molar-refractivity contribution >= 4 is 34.5 Å². The van der Waals surface area contributed by atoms with Crippen LogP contribution in [0.1, 0.15) is 48.9 Å². The molecule has 39 heavy (non-hydrogen) atoms. The van der Waals surface area contributed by atoms with E-state index >= 15 is 0 Å². The largest absolute Gasteiger partial charge is 0.497 e. The maximum absolute atomic E-state index is 13.8. The van der Waals surface area contributed by atoms with Gasteiger partial charge >= 0.3 is 0 Å². The standard InChI is InChI=1S/C31H29N3O5/c1-38-24-17-13-21(14-18-24)30(36)33(22-7-3-2-4-8-22)26-19-28(35)34(31(26)37)23-15-11-20(12-16-23)29-32-25-9-5-6-10-27(25)39-29/h5-6,9-18,22,26H,2-4,7-8,19H2,1H3. The lowest BCUT2D eigenvalue weighted by Crippen LogP contribution is -2.51. The van der Waals surface area contributed by atoms with Gasteiger partial charge < -0.3 is 14.1 Å². The van der Waals surface area contributed by atoms with E-state index in [0.29, 0.717) is 28.5 Å². The van der Waals surface area contributed by atoms with Crippen LogP contribution in [-0.4, -0.2) is 46.8 Å². The highest BCUT2D eigenvalue weighted by molar-refractivity contribution is 6.23. The highest BCUT2D eigenvalue weighted by atomic mass is 16.5. The van der Waals surface area contributed by atoms with Gasteiger partial charge in [-0.05, 0) is 73.5 Å². The predicted molar refractivity (Wildman–Crippen MR) is 146 cm³/mol. The fraction of sp³-hybridized carbons (Fsp3) is 0.290. The van der Waals surface area contributed by atoms with Crippen molar-refractivity contribution in [3.8, 4) is 17.2 Å². The average molecular weight is 524 g/mol. The van der Waals surface area contributed by atoms with Gasteiger partial charge in [0, 0.05) is 17.2 Å². The van der Waals surface area contributed by atoms with Crippen molar-refractivity contribution < 1.29 is 23.5 Å². The summed E-state index contributed by atoms with van der Waals surface area (Å²) in [6.07, 6.45) is 4.69. The summed E-state index contributed by atoms with van der Waals surface area (Å²) in [7, 11) is 1.57. The van der Waals surface area contributed by atoms with Crippen LogP contribution in [-0.2, 0) is 9.59 Å². The number of amides is 3. The summed E-state index contributed by atoms with van der Waals surface area (Å²) in [6, 6.07) is 20.5. The molecule has 198 valence electrons. The molecule has 1 aromatic heterocycles. The molecule has 8 heteroatoms. The number of oxazole rings is 1. The Morgan fingerprint density at radius 2 is 1.67 bits per heavy atom. The van der Waals surface area contributed by atoms with Gasteiger partial charge in [0.05, 0.1) is 19.2 Å². The van der Waals surface area contributed by atoms with Gasteiger partial charge in [0.15, 0.2) is 5.58 Å². The van der Waals surface area contributed by atoms with E-state index in [4.69, 9.17) is 9.15 Å². The molecule has 8 nitrogen and oxygen atoms in total. The molecule has 4 aromatic rings. The molecule has 1 aliphatic carbocycles. The van der Waals surface area contributed by atoms with Gasteiger partial charge in [0.25, 0.3) is 11.8 Å². The first-order valence-corrected chi connectivity index (χ1v) is 13.3. The van der Waals surface area contributed by atoms with Crippen LogP contribution in [0.5, 0.6) is 5.75 Å². The highest BCUT2D eigenvalue weighted by Crippen LogP contribution is 2.33. The molecule has 0 spiro atoms. The summed E-state index contributed by atoms with van der Waals surface area (Å²) in [5.41, 5.74) is 3.13. The molecule has 0 N–H and O–H groups in total. The number of imide groups is 1. The molecular formula is C31H29N3O5. The number of carbonyl (C=O) groups is 3. The summed E-state index contributed by atoms with van der Waals surface area (Å²) < 4.78 is 11.1. The van der Waals surface area contributed by atoms with Crippen molar-refractivity contribution in [3.63, 3.8) is 0 Å². The maximum atomic E-state index is 13.8. The summed E-state index contributed by atoms with van der Waals surface area (Å²) in [5, 5.41) is 0. The summed E-state index contributed by atoms with van der Waals surface area (Å²) in [5.74, 6) is 0.192. The van der Waals surface area contributed by atoms with Crippen molar-refractivity contribution in [1.29, 1.82) is 0 Å². The second-order valence-electron chi connectivity index (χ2n) is 10.1. The molecule has 0 radical (unpaired) electrons. The lowest BCUT2D eigenvalue weighted by molar-refractivity contribution is -0.123. The van der Waals surface area contributed by atoms with E-state index in [1.165, 1.54) is 4.90 Å². The molecule has 6 rings (SSSR count). The van der Waals surface area contributed by atoms with Gasteiger partial charge in [-0.2, -0.15) is 0 Å². The number of hydrogen-bond acceptors (Lipinski definition) is 6. The summed E-state index contributed by atoms with van der Waals surface area (Å²) in [6.45, 7) is 0. The summed E-state index contributed by atoms with van der Waals surface area (Å²) >= 11 is 0. The highest BCUT2D eigenvalue weighted by Gasteiger charge is 2.46. The Morgan fingerprint density at radius 1 is 0.949 bits per heavy atom. The molecule has 1 aliphatic heterocycles. The number of ether oxygens (including phenoxy) is 1. The third-order valence-electron chi connectivity index (χ3n) is 7.66. The minimum absolute atomic E-state index is 0.0376. The lowest BCUT2D eigenvalue weighted by Gasteiger charge is -2.37. The molecule has 1 saturated carbocycles. The van der Waals surface area contributed by atoms with Crippen molar-refractivity contribution in [3.05, 3.63) is 78.4 Å². The second-order valence-corrected chi connectivity index (χ2v) is 10.1. The van der Waals surface area contributed by atoms with Crippen LogP contribution < -0.4 is 9.64 Å². The number of fused-ring (bicyclic) bond motifs is 1. The van der Waals surface area contributed by atoms with Gasteiger partial charge in [-0.3, -0.25) is 14.4 Å². The smallest absolute Gasteiger partial charge is 0.257 e. The molecule has 2 fully saturated rings. The molecule has 0 bridgehead atoms. The third-order valence-corrected chi connectivity index (χ3v) is 7.66. The second kappa shape index (κ2) is 10.4. The summed E-state index contributed by atoms with van der Waals surface area (Å²) in [4.78, 5) is 48.2. The Morgan fingerprint density at radius 3 is 2.36 bits per heavy atom. The maximum Gasteiger partial charge on any atom is 0.257 e. The minimum Gasteiger partial charge on any atom is -0.497 e. The van der Waals surface area contributed by atoms with Gasteiger partial charge in [-0.1, -0.05) is 31.4 Å². The topological polar surface area (TPSA) is 92.9 Å². The Kier molecular flexibility index (Phi) is 6.60. The zero-order valence-corrected chi connectivity index (χ0v) is 21.7. The minimum atomic E-state index is -0.841. The number of hydrogen-bond donors (Lipinski definition) is 0. The molecule has 3 amide bonds. The SMILES string of the molecule is COc1ccc(C(=O)N(C2CCCCC2)C2CC(=O)N(c3ccc(-c4nc5ccccc5o4)cc3)C2=O)cc1. The molecular weight excluding hydrogens is 494 g/mol. The van der Waals surface area contributed by atoms with Crippen LogP contribution in [0.25, 0.3) is 22.6 Å². The quantitative estimate of drug-likeness (QED) is 0.305. The zero-order valence-electron chi connectivity index (χ0n) is 21.7. The van der Waals surface area contributed by atoms with Crippen LogP contribution >= 0.6 is 0 Å². The average Bonchev–Trinajstić information content (AvgIpc) is 3.54. The Hall–Kier alpha value is -4.46. The van der Waals surface area contributed by atoms with E-state index in [1.807, 2.05) is 24.3 Å². The number of para-hydroxylation sites is 2. The first-order valence-electron chi connectivity index (χ1n) is 13.3. The van der Waals surface area contributed by atoms with E-state index in [0.717, 1.165) is 43.2 Å². The first-order chi connectivity index (χ1) is 19.0. The molecule has 3 aromatic carbocycles. The van der Waals surface area contributed by atoms with E-state index in [1.54, 1.807) is 60.5 Å². The van der Waals surface area contributed by atoms with E-state index in [-0.39, 0.29) is 30.2 Å². The van der Waals surface area contributed by atoms with Gasteiger partial charge in [-0.15, -0.1) is 0 Å². The van der Waals surface area contributed by atoms with Crippen molar-refractivity contribution in [2.45, 2.75) is 50.6 Å². The lowest BCUT2D eigenvalue weighted by atomic mass is 9.92. The molecule has 2 aliphatic rings. The monoisotopic (exact) mass is 523 g/mol. The Bertz CT molecular complexity index is 1490. The molecule has 1 atom stereocenters. The van der Waals surface area contributed by atoms with Crippen LogP contribution in [0, 0.1) is 0 Å². The van der Waals surface area contributed by atoms with E-state index < -0.39 is 6.04 Å². The first kappa shape index (κ1) is 24.9. The normalized spacial score (nSPS) is 18.1. The molecule has 1 saturated heterocycles. The van der Waals surface area contributed by atoms with Gasteiger partial charge in [0.1, 0.15) is 17.3 Å².